The van der Waals surface area contributed by atoms with Crippen LogP contribution in [0.2, 0.25) is 5.02 Å². The predicted octanol–water partition coefficient (Wildman–Crippen LogP) is 4.55. The number of hydrogen-bond acceptors (Lipinski definition) is 2. The van der Waals surface area contributed by atoms with Crippen LogP contribution in [0, 0.1) is 0 Å². The van der Waals surface area contributed by atoms with Crippen molar-refractivity contribution < 1.29 is 9.53 Å². The van der Waals surface area contributed by atoms with Gasteiger partial charge in [0.05, 0.1) is 6.61 Å². The van der Waals surface area contributed by atoms with Gasteiger partial charge in [-0.1, -0.05) is 29.8 Å². The van der Waals surface area contributed by atoms with Crippen LogP contribution in [0.5, 0.6) is 5.75 Å². The van der Waals surface area contributed by atoms with Crippen molar-refractivity contribution in [2.24, 2.45) is 0 Å². The number of halogens is 1. The average molecular weight is 314 g/mol. The molecule has 0 N–H and O–H groups in total. The van der Waals surface area contributed by atoms with E-state index in [-0.39, 0.29) is 0 Å². The van der Waals surface area contributed by atoms with Crippen LogP contribution in [0.25, 0.3) is 10.9 Å². The highest BCUT2D eigenvalue weighted by molar-refractivity contribution is 6.31. The summed E-state index contributed by atoms with van der Waals surface area (Å²) in [6.45, 7) is 3.16. The third-order valence-electron chi connectivity index (χ3n) is 3.62. The summed E-state index contributed by atoms with van der Waals surface area (Å²) in [7, 11) is 0. The normalized spacial score (nSPS) is 10.8. The Morgan fingerprint density at radius 3 is 2.77 bits per heavy atom. The summed E-state index contributed by atoms with van der Waals surface area (Å²) in [4.78, 5) is 11.3. The van der Waals surface area contributed by atoms with Crippen LogP contribution >= 0.6 is 11.6 Å². The predicted molar refractivity (Wildman–Crippen MR) is 89.0 cm³/mol. The Morgan fingerprint density at radius 2 is 2.05 bits per heavy atom. The van der Waals surface area contributed by atoms with Crippen LogP contribution in [0.15, 0.2) is 48.7 Å². The van der Waals surface area contributed by atoms with Crippen molar-refractivity contribution in [3.05, 3.63) is 64.8 Å². The van der Waals surface area contributed by atoms with Gasteiger partial charge in [-0.05, 0) is 36.8 Å². The Labute approximate surface area is 134 Å². The first-order chi connectivity index (χ1) is 10.7. The molecule has 3 nitrogen and oxygen atoms in total. The molecule has 0 aliphatic carbocycles. The summed E-state index contributed by atoms with van der Waals surface area (Å²) in [5.74, 6) is 0.772. The molecule has 4 heteroatoms. The Kier molecular flexibility index (Phi) is 4.16. The minimum atomic E-state index is 0.599. The van der Waals surface area contributed by atoms with Crippen molar-refractivity contribution in [3.8, 4) is 5.75 Å². The molecule has 0 spiro atoms. The molecule has 3 rings (SSSR count). The summed E-state index contributed by atoms with van der Waals surface area (Å²) in [6, 6.07) is 13.5. The van der Waals surface area contributed by atoms with Gasteiger partial charge < -0.3 is 9.30 Å². The lowest BCUT2D eigenvalue weighted by atomic mass is 10.2. The fourth-order valence-corrected chi connectivity index (χ4v) is 2.79. The summed E-state index contributed by atoms with van der Waals surface area (Å²) in [5.41, 5.74) is 2.67. The van der Waals surface area contributed by atoms with Crippen molar-refractivity contribution in [1.82, 2.24) is 4.57 Å². The van der Waals surface area contributed by atoms with Crippen molar-refractivity contribution >= 4 is 28.8 Å². The number of aromatic nitrogens is 1. The molecular weight excluding hydrogens is 298 g/mol. The topological polar surface area (TPSA) is 31.2 Å². The zero-order valence-corrected chi connectivity index (χ0v) is 13.0. The maximum atomic E-state index is 11.3. The second-order valence-electron chi connectivity index (χ2n) is 5.03. The summed E-state index contributed by atoms with van der Waals surface area (Å²) >= 11 is 6.23. The van der Waals surface area contributed by atoms with Gasteiger partial charge >= 0.3 is 0 Å². The average Bonchev–Trinajstić information content (AvgIpc) is 2.87. The van der Waals surface area contributed by atoms with E-state index in [0.29, 0.717) is 18.7 Å². The highest BCUT2D eigenvalue weighted by Gasteiger charge is 2.10. The van der Waals surface area contributed by atoms with Gasteiger partial charge in [0.1, 0.15) is 5.75 Å². The number of fused-ring (bicyclic) bond motifs is 1. The third-order valence-corrected chi connectivity index (χ3v) is 3.99. The zero-order valence-electron chi connectivity index (χ0n) is 12.3. The molecule has 1 aromatic heterocycles. The molecular formula is C18H16ClNO2. The number of carbonyl (C=O) groups excluding carboxylic acids is 1. The third kappa shape index (κ3) is 2.72. The maximum absolute atomic E-state index is 11.3. The second-order valence-corrected chi connectivity index (χ2v) is 5.44. The van der Waals surface area contributed by atoms with Crippen LogP contribution in [-0.4, -0.2) is 17.5 Å². The Hall–Kier alpha value is -2.26. The number of aldehydes is 1. The van der Waals surface area contributed by atoms with Crippen LogP contribution < -0.4 is 4.74 Å². The molecule has 0 saturated carbocycles. The number of ether oxygens (including phenoxy) is 1. The van der Waals surface area contributed by atoms with Crippen LogP contribution in [-0.2, 0) is 6.54 Å². The van der Waals surface area contributed by atoms with Gasteiger partial charge in [-0.2, -0.15) is 0 Å². The second kappa shape index (κ2) is 6.24. The fourth-order valence-electron chi connectivity index (χ4n) is 2.60. The molecule has 0 fully saturated rings. The lowest BCUT2D eigenvalue weighted by molar-refractivity contribution is 0.112. The minimum Gasteiger partial charge on any atom is -0.494 e. The van der Waals surface area contributed by atoms with E-state index >= 15 is 0 Å². The molecule has 0 aliphatic heterocycles. The molecule has 0 radical (unpaired) electrons. The molecule has 0 unspecified atom stereocenters. The lowest BCUT2D eigenvalue weighted by Gasteiger charge is -2.08. The van der Waals surface area contributed by atoms with E-state index in [1.54, 1.807) is 0 Å². The fraction of sp³-hybridized carbons (Fsp3) is 0.167. The standard InChI is InChI=1S/C18H16ClNO2/c1-2-22-15-7-8-18-16(9-15)14(12-21)11-20(18)10-13-5-3-4-6-17(13)19/h3-9,11-12H,2,10H2,1H3. The van der Waals surface area contributed by atoms with Crippen LogP contribution in [0.3, 0.4) is 0 Å². The van der Waals surface area contributed by atoms with Gasteiger partial charge in [-0.25, -0.2) is 0 Å². The minimum absolute atomic E-state index is 0.599. The highest BCUT2D eigenvalue weighted by atomic mass is 35.5. The largest absolute Gasteiger partial charge is 0.494 e. The molecule has 3 aromatic rings. The van der Waals surface area contributed by atoms with E-state index < -0.39 is 0 Å². The van der Waals surface area contributed by atoms with Gasteiger partial charge in [0, 0.05) is 34.2 Å². The smallest absolute Gasteiger partial charge is 0.152 e. The molecule has 0 aliphatic rings. The van der Waals surface area contributed by atoms with Crippen LogP contribution in [0.4, 0.5) is 0 Å². The number of carbonyl (C=O) groups is 1. The lowest BCUT2D eigenvalue weighted by Crippen LogP contribution is -1.98. The van der Waals surface area contributed by atoms with Crippen molar-refractivity contribution in [2.75, 3.05) is 6.61 Å². The van der Waals surface area contributed by atoms with Crippen molar-refractivity contribution in [3.63, 3.8) is 0 Å². The van der Waals surface area contributed by atoms with E-state index in [0.717, 1.165) is 33.5 Å². The summed E-state index contributed by atoms with van der Waals surface area (Å²) in [6.07, 6.45) is 2.73. The highest BCUT2D eigenvalue weighted by Crippen LogP contribution is 2.27. The maximum Gasteiger partial charge on any atom is 0.152 e. The van der Waals surface area contributed by atoms with E-state index in [1.807, 2.05) is 60.2 Å². The molecule has 0 bridgehead atoms. The Morgan fingerprint density at radius 1 is 1.23 bits per heavy atom. The van der Waals surface area contributed by atoms with Crippen molar-refractivity contribution in [2.45, 2.75) is 13.5 Å². The van der Waals surface area contributed by atoms with Gasteiger partial charge in [0.25, 0.3) is 0 Å². The van der Waals surface area contributed by atoms with Gasteiger partial charge in [0.15, 0.2) is 6.29 Å². The monoisotopic (exact) mass is 313 g/mol. The number of nitrogens with zero attached hydrogens (tertiary/aromatic N) is 1. The van der Waals surface area contributed by atoms with E-state index in [1.165, 1.54) is 0 Å². The molecule has 0 saturated heterocycles. The first kappa shape index (κ1) is 14.7. The van der Waals surface area contributed by atoms with E-state index in [9.17, 15) is 4.79 Å². The van der Waals surface area contributed by atoms with Gasteiger partial charge in [0.2, 0.25) is 0 Å². The van der Waals surface area contributed by atoms with Crippen molar-refractivity contribution in [1.29, 1.82) is 0 Å². The van der Waals surface area contributed by atoms with E-state index in [2.05, 4.69) is 0 Å². The van der Waals surface area contributed by atoms with Crippen LogP contribution in [0.1, 0.15) is 22.8 Å². The zero-order chi connectivity index (χ0) is 15.5. The first-order valence-corrected chi connectivity index (χ1v) is 7.55. The molecule has 0 atom stereocenters. The van der Waals surface area contributed by atoms with E-state index in [4.69, 9.17) is 16.3 Å². The Balaban J connectivity index is 2.07. The number of rotatable bonds is 5. The molecule has 112 valence electrons. The first-order valence-electron chi connectivity index (χ1n) is 7.17. The van der Waals surface area contributed by atoms with Gasteiger partial charge in [-0.3, -0.25) is 4.79 Å². The Bertz CT molecular complexity index is 823. The van der Waals surface area contributed by atoms with Gasteiger partial charge in [-0.15, -0.1) is 0 Å². The molecule has 0 amide bonds. The SMILES string of the molecule is CCOc1ccc2c(c1)c(C=O)cn2Cc1ccccc1Cl. The number of benzene rings is 2. The summed E-state index contributed by atoms with van der Waals surface area (Å²) < 4.78 is 7.55. The number of hydrogen-bond donors (Lipinski definition) is 0. The molecule has 22 heavy (non-hydrogen) atoms. The summed E-state index contributed by atoms with van der Waals surface area (Å²) in [5, 5.41) is 1.62. The molecule has 1 heterocycles. The quantitative estimate of drug-likeness (QED) is 0.647. The molecule has 2 aromatic carbocycles.